The van der Waals surface area contributed by atoms with Crippen molar-refractivity contribution in [2.75, 3.05) is 11.9 Å². The molecule has 0 bridgehead atoms. The number of nitrogens with zero attached hydrogens (tertiary/aromatic N) is 1. The summed E-state index contributed by atoms with van der Waals surface area (Å²) in [6.07, 6.45) is 4.46. The molecule has 1 aliphatic carbocycles. The van der Waals surface area contributed by atoms with Gasteiger partial charge in [-0.1, -0.05) is 20.3 Å². The van der Waals surface area contributed by atoms with E-state index >= 15 is 0 Å². The van der Waals surface area contributed by atoms with E-state index in [9.17, 15) is 8.42 Å². The van der Waals surface area contributed by atoms with E-state index in [-0.39, 0.29) is 10.9 Å². The van der Waals surface area contributed by atoms with Crippen LogP contribution in [0.1, 0.15) is 33.1 Å². The summed E-state index contributed by atoms with van der Waals surface area (Å²) >= 11 is 0. The molecule has 1 fully saturated rings. The van der Waals surface area contributed by atoms with Gasteiger partial charge in [0.2, 0.25) is 10.0 Å². The lowest BCUT2D eigenvalue weighted by atomic mass is 10.3. The number of hydrogen-bond acceptors (Lipinski definition) is 4. The third-order valence-corrected chi connectivity index (χ3v) is 4.84. The third kappa shape index (κ3) is 3.67. The quantitative estimate of drug-likeness (QED) is 0.802. The largest absolute Gasteiger partial charge is 0.370 e. The highest BCUT2D eigenvalue weighted by molar-refractivity contribution is 7.89. The fraction of sp³-hybridized carbons (Fsp3) is 0.615. The molecule has 19 heavy (non-hydrogen) atoms. The van der Waals surface area contributed by atoms with Crippen LogP contribution in [0.15, 0.2) is 23.2 Å². The standard InChI is InChI=1S/C13H21N3O2S/c1-3-6-14-13-9-11(5-7-15-13)19(17,18)16-12-8-10(12)4-2/h5,7,9-10,12,16H,3-4,6,8H2,1-2H3,(H,14,15). The molecule has 1 aromatic rings. The molecule has 106 valence electrons. The Bertz CT molecular complexity index is 530. The van der Waals surface area contributed by atoms with Gasteiger partial charge in [-0.05, 0) is 24.8 Å². The molecule has 5 nitrogen and oxygen atoms in total. The lowest BCUT2D eigenvalue weighted by molar-refractivity contribution is 0.576. The van der Waals surface area contributed by atoms with E-state index in [0.29, 0.717) is 11.7 Å². The Hall–Kier alpha value is -1.14. The molecule has 1 aromatic heterocycles. The molecule has 2 N–H and O–H groups in total. The maximum absolute atomic E-state index is 12.2. The van der Waals surface area contributed by atoms with Crippen LogP contribution in [0.2, 0.25) is 0 Å². The molecule has 0 saturated heterocycles. The summed E-state index contributed by atoms with van der Waals surface area (Å²) in [6.45, 7) is 4.91. The zero-order chi connectivity index (χ0) is 13.9. The predicted octanol–water partition coefficient (Wildman–Crippen LogP) is 1.98. The van der Waals surface area contributed by atoms with E-state index in [2.05, 4.69) is 21.9 Å². The Balaban J connectivity index is 2.07. The van der Waals surface area contributed by atoms with E-state index in [1.807, 2.05) is 6.92 Å². The molecule has 6 heteroatoms. The van der Waals surface area contributed by atoms with Crippen molar-refractivity contribution in [3.63, 3.8) is 0 Å². The third-order valence-electron chi connectivity index (χ3n) is 3.35. The van der Waals surface area contributed by atoms with Crippen molar-refractivity contribution >= 4 is 15.8 Å². The number of hydrogen-bond donors (Lipinski definition) is 2. The van der Waals surface area contributed by atoms with Crippen molar-refractivity contribution in [2.45, 2.75) is 44.0 Å². The maximum atomic E-state index is 12.2. The molecule has 1 saturated carbocycles. The number of aromatic nitrogens is 1. The lowest BCUT2D eigenvalue weighted by Crippen LogP contribution is -2.27. The van der Waals surface area contributed by atoms with Crippen molar-refractivity contribution in [2.24, 2.45) is 5.92 Å². The van der Waals surface area contributed by atoms with E-state index < -0.39 is 10.0 Å². The highest BCUT2D eigenvalue weighted by Crippen LogP contribution is 2.34. The molecule has 2 atom stereocenters. The molecule has 0 radical (unpaired) electrons. The lowest BCUT2D eigenvalue weighted by Gasteiger charge is -2.08. The van der Waals surface area contributed by atoms with Crippen molar-refractivity contribution in [1.82, 2.24) is 9.71 Å². The molecule has 1 heterocycles. The van der Waals surface area contributed by atoms with Gasteiger partial charge in [-0.25, -0.2) is 18.1 Å². The van der Waals surface area contributed by atoms with Gasteiger partial charge < -0.3 is 5.32 Å². The fourth-order valence-corrected chi connectivity index (χ4v) is 3.37. The van der Waals surface area contributed by atoms with E-state index in [0.717, 1.165) is 25.8 Å². The van der Waals surface area contributed by atoms with E-state index in [1.165, 1.54) is 12.3 Å². The monoisotopic (exact) mass is 283 g/mol. The molecular formula is C13H21N3O2S. The summed E-state index contributed by atoms with van der Waals surface area (Å²) < 4.78 is 27.2. The molecule has 0 spiro atoms. The second-order valence-corrected chi connectivity index (χ2v) is 6.65. The van der Waals surface area contributed by atoms with Crippen molar-refractivity contribution in [3.05, 3.63) is 18.3 Å². The molecule has 0 aromatic carbocycles. The van der Waals surface area contributed by atoms with Crippen LogP contribution in [0.4, 0.5) is 5.82 Å². The molecule has 2 rings (SSSR count). The summed E-state index contributed by atoms with van der Waals surface area (Å²) in [5.74, 6) is 1.10. The molecule has 1 aliphatic rings. The topological polar surface area (TPSA) is 71.1 Å². The highest BCUT2D eigenvalue weighted by atomic mass is 32.2. The zero-order valence-corrected chi connectivity index (χ0v) is 12.2. The number of nitrogens with one attached hydrogen (secondary N) is 2. The van der Waals surface area contributed by atoms with Gasteiger partial charge in [0.05, 0.1) is 4.90 Å². The van der Waals surface area contributed by atoms with Gasteiger partial charge in [-0.15, -0.1) is 0 Å². The van der Waals surface area contributed by atoms with Gasteiger partial charge in [-0.2, -0.15) is 0 Å². The Morgan fingerprint density at radius 1 is 1.42 bits per heavy atom. The number of sulfonamides is 1. The van der Waals surface area contributed by atoms with E-state index in [4.69, 9.17) is 0 Å². The van der Waals surface area contributed by atoms with Crippen LogP contribution in [-0.4, -0.2) is 26.0 Å². The van der Waals surface area contributed by atoms with Gasteiger partial charge in [-0.3, -0.25) is 0 Å². The first-order valence-corrected chi connectivity index (χ1v) is 8.27. The van der Waals surface area contributed by atoms with Gasteiger partial charge in [0.15, 0.2) is 0 Å². The molecule has 0 aliphatic heterocycles. The minimum Gasteiger partial charge on any atom is -0.370 e. The smallest absolute Gasteiger partial charge is 0.241 e. The van der Waals surface area contributed by atoms with Crippen LogP contribution in [0.25, 0.3) is 0 Å². The Kier molecular flexibility index (Phi) is 4.42. The summed E-state index contributed by atoms with van der Waals surface area (Å²) in [5.41, 5.74) is 0. The summed E-state index contributed by atoms with van der Waals surface area (Å²) in [7, 11) is -3.42. The Labute approximate surface area is 114 Å². The normalized spacial score (nSPS) is 22.2. The van der Waals surface area contributed by atoms with Crippen LogP contribution < -0.4 is 10.0 Å². The van der Waals surface area contributed by atoms with Gasteiger partial charge in [0.25, 0.3) is 0 Å². The summed E-state index contributed by atoms with van der Waals surface area (Å²) in [4.78, 5) is 4.39. The van der Waals surface area contributed by atoms with Gasteiger partial charge in [0.1, 0.15) is 5.82 Å². The first kappa shape index (κ1) is 14.3. The fourth-order valence-electron chi connectivity index (χ4n) is 2.04. The first-order chi connectivity index (χ1) is 9.06. The van der Waals surface area contributed by atoms with Crippen LogP contribution in [0.3, 0.4) is 0 Å². The molecular weight excluding hydrogens is 262 g/mol. The Morgan fingerprint density at radius 3 is 2.84 bits per heavy atom. The van der Waals surface area contributed by atoms with Crippen molar-refractivity contribution in [3.8, 4) is 0 Å². The Morgan fingerprint density at radius 2 is 2.21 bits per heavy atom. The van der Waals surface area contributed by atoms with Crippen LogP contribution in [-0.2, 0) is 10.0 Å². The minimum absolute atomic E-state index is 0.107. The maximum Gasteiger partial charge on any atom is 0.241 e. The van der Waals surface area contributed by atoms with Gasteiger partial charge in [0, 0.05) is 24.8 Å². The molecule has 2 unspecified atom stereocenters. The molecule has 0 amide bonds. The number of anilines is 1. The predicted molar refractivity (Wildman–Crippen MR) is 75.5 cm³/mol. The SMILES string of the molecule is CCCNc1cc(S(=O)(=O)NC2CC2CC)ccn1. The van der Waals surface area contributed by atoms with Crippen LogP contribution in [0, 0.1) is 5.92 Å². The highest BCUT2D eigenvalue weighted by Gasteiger charge is 2.38. The summed E-state index contributed by atoms with van der Waals surface area (Å²) in [6, 6.07) is 3.22. The zero-order valence-electron chi connectivity index (χ0n) is 11.4. The van der Waals surface area contributed by atoms with Gasteiger partial charge >= 0.3 is 0 Å². The van der Waals surface area contributed by atoms with Crippen molar-refractivity contribution < 1.29 is 8.42 Å². The number of pyridine rings is 1. The number of rotatable bonds is 7. The van der Waals surface area contributed by atoms with Crippen molar-refractivity contribution in [1.29, 1.82) is 0 Å². The van der Waals surface area contributed by atoms with E-state index in [1.54, 1.807) is 6.07 Å². The summed E-state index contributed by atoms with van der Waals surface area (Å²) in [5, 5.41) is 3.09. The first-order valence-electron chi connectivity index (χ1n) is 6.79. The van der Waals surface area contributed by atoms with Crippen LogP contribution >= 0.6 is 0 Å². The average Bonchev–Trinajstić information content (AvgIpc) is 3.14. The second-order valence-electron chi connectivity index (χ2n) is 4.94. The minimum atomic E-state index is -3.42. The van der Waals surface area contributed by atoms with Crippen LogP contribution in [0.5, 0.6) is 0 Å². The second kappa shape index (κ2) is 5.88. The average molecular weight is 283 g/mol.